The van der Waals surface area contributed by atoms with E-state index in [4.69, 9.17) is 37.9 Å². The third kappa shape index (κ3) is 10.1. The molecule has 3 aliphatic rings. The van der Waals surface area contributed by atoms with Crippen LogP contribution in [-0.2, 0) is 65.5 Å². The quantitative estimate of drug-likeness (QED) is 0.125. The van der Waals surface area contributed by atoms with Crippen molar-refractivity contribution in [2.45, 2.75) is 101 Å². The molecule has 3 aromatic rings. The van der Waals surface area contributed by atoms with Crippen molar-refractivity contribution >= 4 is 41.5 Å². The lowest BCUT2D eigenvalue weighted by Crippen LogP contribution is -2.68. The molecule has 3 heterocycles. The Bertz CT molecular complexity index is 1860. The second kappa shape index (κ2) is 19.8. The second-order valence-electron chi connectivity index (χ2n) is 13.9. The van der Waals surface area contributed by atoms with Crippen LogP contribution in [0.25, 0.3) is 0 Å². The molecule has 0 aliphatic carbocycles. The van der Waals surface area contributed by atoms with Gasteiger partial charge in [-0.2, -0.15) is 0 Å². The molecule has 3 aromatic carbocycles. The molecule has 2 fully saturated rings. The number of hydrogen-bond acceptors (Lipinski definition) is 15. The van der Waals surface area contributed by atoms with E-state index in [0.29, 0.717) is 5.75 Å². The number of fused-ring (bicyclic) bond motifs is 1. The van der Waals surface area contributed by atoms with Gasteiger partial charge < -0.3 is 43.0 Å². The average molecular weight is 822 g/mol. The van der Waals surface area contributed by atoms with E-state index >= 15 is 0 Å². The fraction of sp³-hybridized carbons (Fsp3) is 0.452. The van der Waals surface area contributed by atoms with Crippen LogP contribution < -0.4 is 0 Å². The molecule has 0 aromatic heterocycles. The van der Waals surface area contributed by atoms with Crippen molar-refractivity contribution in [3.05, 3.63) is 107 Å². The number of thioether (sulfide) groups is 1. The maximum atomic E-state index is 13.9. The Labute approximate surface area is 340 Å². The number of benzene rings is 3. The highest BCUT2D eigenvalue weighted by Gasteiger charge is 2.58. The molecule has 310 valence electrons. The highest BCUT2D eigenvalue weighted by atomic mass is 32.2. The number of aliphatic hydroxyl groups is 1. The second-order valence-corrected chi connectivity index (χ2v) is 15.2. The molecule has 0 saturated carbocycles. The van der Waals surface area contributed by atoms with E-state index in [-0.39, 0.29) is 37.6 Å². The molecule has 2 amide bonds. The molecule has 1 N–H and O–H groups in total. The van der Waals surface area contributed by atoms with E-state index in [9.17, 15) is 29.1 Å². The summed E-state index contributed by atoms with van der Waals surface area (Å²) in [6, 6.07) is 23.7. The van der Waals surface area contributed by atoms with Crippen LogP contribution >= 0.6 is 11.8 Å². The number of rotatable bonds is 16. The Hall–Kier alpha value is -4.68. The zero-order valence-electron chi connectivity index (χ0n) is 32.5. The fourth-order valence-electron chi connectivity index (χ4n) is 7.25. The molecule has 3 aliphatic heterocycles. The summed E-state index contributed by atoms with van der Waals surface area (Å²) in [4.78, 5) is 66.5. The molecule has 10 atom stereocenters. The van der Waals surface area contributed by atoms with E-state index in [2.05, 4.69) is 0 Å². The zero-order chi connectivity index (χ0) is 41.3. The summed E-state index contributed by atoms with van der Waals surface area (Å²) in [5.74, 6) is -3.08. The van der Waals surface area contributed by atoms with Crippen molar-refractivity contribution < 1.29 is 67.0 Å². The van der Waals surface area contributed by atoms with Gasteiger partial charge in [0.15, 0.2) is 24.6 Å². The van der Waals surface area contributed by atoms with Crippen LogP contribution in [0.3, 0.4) is 0 Å². The van der Waals surface area contributed by atoms with Crippen LogP contribution in [0.5, 0.6) is 0 Å². The largest absolute Gasteiger partial charge is 0.456 e. The lowest BCUT2D eigenvalue weighted by molar-refractivity contribution is -0.339. The third-order valence-electron chi connectivity index (χ3n) is 9.67. The zero-order valence-corrected chi connectivity index (χ0v) is 33.3. The molecule has 0 radical (unpaired) electrons. The minimum Gasteiger partial charge on any atom is -0.456 e. The SMILES string of the molecule is CCS[C@@H]1O[C@H](COCc2ccccc2)[C@@H](O[C@@H]2O[C@H](COCc3ccccc3)[C@H](OC(C)=O)[C@H](OC(C)=O)[C@H]2OC(C)=O)[C@H](O)[C@H]1N1C(=O)c2ccccc2C1=O. The predicted molar refractivity (Wildman–Crippen MR) is 206 cm³/mol. The number of carbonyl (C=O) groups excluding carboxylic acids is 5. The van der Waals surface area contributed by atoms with Gasteiger partial charge in [0.25, 0.3) is 11.8 Å². The first-order chi connectivity index (χ1) is 28.0. The minimum absolute atomic E-state index is 0.135. The fourth-order valence-corrected chi connectivity index (χ4v) is 8.28. The van der Waals surface area contributed by atoms with Gasteiger partial charge in [-0.05, 0) is 29.0 Å². The van der Waals surface area contributed by atoms with Gasteiger partial charge in [0, 0.05) is 20.8 Å². The van der Waals surface area contributed by atoms with Gasteiger partial charge in [0.05, 0.1) is 37.6 Å². The molecule has 0 spiro atoms. The van der Waals surface area contributed by atoms with Crippen molar-refractivity contribution in [1.29, 1.82) is 0 Å². The smallest absolute Gasteiger partial charge is 0.303 e. The highest BCUT2D eigenvalue weighted by Crippen LogP contribution is 2.39. The predicted octanol–water partition coefficient (Wildman–Crippen LogP) is 3.83. The molecular formula is C42H47NO14S. The van der Waals surface area contributed by atoms with Crippen molar-refractivity contribution in [2.75, 3.05) is 19.0 Å². The minimum atomic E-state index is -1.63. The number of ether oxygens (including phenoxy) is 8. The van der Waals surface area contributed by atoms with Crippen molar-refractivity contribution in [1.82, 2.24) is 4.90 Å². The number of imide groups is 1. The molecule has 0 bridgehead atoms. The summed E-state index contributed by atoms with van der Waals surface area (Å²) >= 11 is 1.28. The van der Waals surface area contributed by atoms with Crippen LogP contribution in [0.2, 0.25) is 0 Å². The van der Waals surface area contributed by atoms with Crippen molar-refractivity contribution in [3.8, 4) is 0 Å². The standard InChI is InChI=1S/C42H47NO14S/c1-5-58-42-33(43-39(48)29-18-12-13-19-30(29)40(43)49)34(47)35(31(56-42)22-50-20-27-14-8-6-9-15-27)57-41-38(54-26(4)46)37(53-25(3)45)36(52-24(2)44)32(55-41)23-51-21-28-16-10-7-11-17-28/h6-19,31-38,41-42,47H,5,20-23H2,1-4H3/t31-,32-,33-,34-,35-,36+,37+,38-,41+,42+/m1/s1. The molecule has 0 unspecified atom stereocenters. The van der Waals surface area contributed by atoms with E-state index < -0.39 is 90.2 Å². The van der Waals surface area contributed by atoms with Gasteiger partial charge >= 0.3 is 17.9 Å². The summed E-state index contributed by atoms with van der Waals surface area (Å²) in [5.41, 5.74) is 1.13. The molecule has 58 heavy (non-hydrogen) atoms. The monoisotopic (exact) mass is 821 g/mol. The van der Waals surface area contributed by atoms with Crippen LogP contribution in [-0.4, -0.2) is 119 Å². The van der Waals surface area contributed by atoms with E-state index in [1.165, 1.54) is 23.9 Å². The Balaban J connectivity index is 1.36. The van der Waals surface area contributed by atoms with Crippen LogP contribution in [0.15, 0.2) is 84.9 Å². The normalized spacial score (nSPS) is 28.1. The lowest BCUT2D eigenvalue weighted by atomic mass is 9.95. The van der Waals surface area contributed by atoms with Crippen LogP contribution in [0.1, 0.15) is 59.5 Å². The summed E-state index contributed by atoms with van der Waals surface area (Å²) in [6.45, 7) is 5.27. The van der Waals surface area contributed by atoms with Crippen LogP contribution in [0.4, 0.5) is 0 Å². The van der Waals surface area contributed by atoms with Crippen LogP contribution in [0, 0.1) is 0 Å². The van der Waals surface area contributed by atoms with E-state index in [1.54, 1.807) is 12.1 Å². The van der Waals surface area contributed by atoms with Gasteiger partial charge in [0.2, 0.25) is 0 Å². The summed E-state index contributed by atoms with van der Waals surface area (Å²) in [7, 11) is 0. The topological polar surface area (TPSA) is 183 Å². The van der Waals surface area contributed by atoms with Gasteiger partial charge in [-0.3, -0.25) is 28.9 Å². The van der Waals surface area contributed by atoms with E-state index in [0.717, 1.165) is 36.8 Å². The third-order valence-corrected chi connectivity index (χ3v) is 10.7. The molecule has 16 heteroatoms. The number of carbonyl (C=O) groups is 5. The number of nitrogens with zero attached hydrogens (tertiary/aromatic N) is 1. The summed E-state index contributed by atoms with van der Waals surface area (Å²) in [5, 5.41) is 12.4. The van der Waals surface area contributed by atoms with Crippen molar-refractivity contribution in [3.63, 3.8) is 0 Å². The Morgan fingerprint density at radius 2 is 1.12 bits per heavy atom. The Morgan fingerprint density at radius 3 is 1.62 bits per heavy atom. The number of esters is 3. The van der Waals surface area contributed by atoms with E-state index in [1.807, 2.05) is 67.6 Å². The van der Waals surface area contributed by atoms with Gasteiger partial charge in [0.1, 0.15) is 35.9 Å². The summed E-state index contributed by atoms with van der Waals surface area (Å²) < 4.78 is 48.7. The molecular weight excluding hydrogens is 775 g/mol. The van der Waals surface area contributed by atoms with Gasteiger partial charge in [-0.15, -0.1) is 11.8 Å². The number of aliphatic hydroxyl groups excluding tert-OH is 1. The number of hydrogen-bond donors (Lipinski definition) is 1. The molecule has 15 nitrogen and oxygen atoms in total. The Kier molecular flexibility index (Phi) is 14.7. The van der Waals surface area contributed by atoms with Gasteiger partial charge in [-0.25, -0.2) is 0 Å². The molecule has 6 rings (SSSR count). The first kappa shape index (κ1) is 42.9. The first-order valence-electron chi connectivity index (χ1n) is 18.9. The lowest BCUT2D eigenvalue weighted by Gasteiger charge is -2.49. The van der Waals surface area contributed by atoms with Gasteiger partial charge in [-0.1, -0.05) is 79.7 Å². The maximum absolute atomic E-state index is 13.9. The average Bonchev–Trinajstić information content (AvgIpc) is 3.44. The first-order valence-corrected chi connectivity index (χ1v) is 20.0. The summed E-state index contributed by atoms with van der Waals surface area (Å²) in [6.07, 6.45) is -11.3. The Morgan fingerprint density at radius 1 is 0.655 bits per heavy atom. The van der Waals surface area contributed by atoms with Crippen molar-refractivity contribution in [2.24, 2.45) is 0 Å². The molecule has 2 saturated heterocycles. The number of amides is 2. The highest BCUT2D eigenvalue weighted by molar-refractivity contribution is 7.99. The maximum Gasteiger partial charge on any atom is 0.303 e.